The number of hydrogen-bond acceptors (Lipinski definition) is 1. The highest BCUT2D eigenvalue weighted by molar-refractivity contribution is 14.1. The first-order valence-corrected chi connectivity index (χ1v) is 7.16. The minimum atomic E-state index is -0.0494. The van der Waals surface area contributed by atoms with Gasteiger partial charge in [0.25, 0.3) is 5.91 Å². The third-order valence-electron chi connectivity index (χ3n) is 1.72. The third kappa shape index (κ3) is 4.40. The van der Waals surface area contributed by atoms with Crippen LogP contribution in [0.4, 0.5) is 0 Å². The molecule has 0 heterocycles. The van der Waals surface area contributed by atoms with Crippen LogP contribution in [0.5, 0.6) is 0 Å². The summed E-state index contributed by atoms with van der Waals surface area (Å²) in [6.45, 7) is 2.61. The first-order chi connectivity index (χ1) is 7.00. The first-order valence-electron chi connectivity index (χ1n) is 4.38. The molecule has 0 spiro atoms. The van der Waals surface area contributed by atoms with E-state index in [0.29, 0.717) is 12.1 Å². The van der Waals surface area contributed by atoms with Crippen LogP contribution < -0.4 is 5.32 Å². The quantitative estimate of drug-likeness (QED) is 0.558. The number of amides is 1. The van der Waals surface area contributed by atoms with Gasteiger partial charge in [-0.3, -0.25) is 4.79 Å². The molecule has 82 valence electrons. The van der Waals surface area contributed by atoms with Crippen LogP contribution in [0.1, 0.15) is 17.3 Å². The van der Waals surface area contributed by atoms with E-state index in [0.717, 1.165) is 8.04 Å². The van der Waals surface area contributed by atoms with Gasteiger partial charge in [0.15, 0.2) is 0 Å². The second-order valence-corrected chi connectivity index (χ2v) is 6.78. The zero-order valence-corrected chi connectivity index (χ0v) is 13.4. The van der Waals surface area contributed by atoms with Crippen LogP contribution in [0, 0.1) is 3.57 Å². The Morgan fingerprint density at radius 3 is 2.87 bits per heavy atom. The smallest absolute Gasteiger partial charge is 0.252 e. The zero-order chi connectivity index (χ0) is 11.4. The molecule has 0 radical (unpaired) electrons. The average molecular weight is 447 g/mol. The molecule has 0 aliphatic heterocycles. The van der Waals surface area contributed by atoms with Gasteiger partial charge in [0.05, 0.1) is 5.56 Å². The molecule has 1 rings (SSSR count). The van der Waals surface area contributed by atoms with E-state index >= 15 is 0 Å². The van der Waals surface area contributed by atoms with E-state index < -0.39 is 0 Å². The van der Waals surface area contributed by atoms with Crippen molar-refractivity contribution >= 4 is 60.4 Å². The average Bonchev–Trinajstić information content (AvgIpc) is 2.18. The van der Waals surface area contributed by atoms with Gasteiger partial charge in [-0.2, -0.15) is 0 Å². The van der Waals surface area contributed by atoms with E-state index in [1.165, 1.54) is 0 Å². The summed E-state index contributed by atoms with van der Waals surface area (Å²) >= 11 is 8.93. The van der Waals surface area contributed by atoms with Crippen LogP contribution in [0.3, 0.4) is 0 Å². The fourth-order valence-corrected chi connectivity index (χ4v) is 2.08. The summed E-state index contributed by atoms with van der Waals surface area (Å²) in [5.41, 5.74) is 0.676. The highest BCUT2D eigenvalue weighted by atomic mass is 127. The van der Waals surface area contributed by atoms with Crippen LogP contribution in [0.2, 0.25) is 0 Å². The minimum Gasteiger partial charge on any atom is -0.351 e. The van der Waals surface area contributed by atoms with Crippen molar-refractivity contribution in [2.24, 2.45) is 0 Å². The van der Waals surface area contributed by atoms with Gasteiger partial charge in [0.2, 0.25) is 0 Å². The molecule has 15 heavy (non-hydrogen) atoms. The fourth-order valence-electron chi connectivity index (χ4n) is 1.00. The summed E-state index contributed by atoms with van der Waals surface area (Å²) in [6.07, 6.45) is 0. The Morgan fingerprint density at radius 2 is 2.27 bits per heavy atom. The van der Waals surface area contributed by atoms with Crippen molar-refractivity contribution in [2.75, 3.05) is 6.54 Å². The van der Waals surface area contributed by atoms with Crippen molar-refractivity contribution in [2.45, 2.75) is 11.8 Å². The second kappa shape index (κ2) is 6.20. The molecular weight excluding hydrogens is 437 g/mol. The number of rotatable bonds is 3. The van der Waals surface area contributed by atoms with E-state index in [1.807, 2.05) is 25.1 Å². The SMILES string of the molecule is CC(Br)CNC(=O)c1cc(I)ccc1Br. The summed E-state index contributed by atoms with van der Waals surface area (Å²) in [5, 5.41) is 2.85. The van der Waals surface area contributed by atoms with E-state index in [1.54, 1.807) is 0 Å². The van der Waals surface area contributed by atoms with Gasteiger partial charge in [-0.15, -0.1) is 0 Å². The maximum atomic E-state index is 11.8. The maximum Gasteiger partial charge on any atom is 0.252 e. The van der Waals surface area contributed by atoms with Gasteiger partial charge in [-0.05, 0) is 56.7 Å². The molecular formula is C10H10Br2INO. The number of halogens is 3. The minimum absolute atomic E-state index is 0.0494. The summed E-state index contributed by atoms with van der Waals surface area (Å²) in [7, 11) is 0. The topological polar surface area (TPSA) is 29.1 Å². The molecule has 0 aliphatic rings. The van der Waals surface area contributed by atoms with Crippen molar-refractivity contribution < 1.29 is 4.79 Å². The zero-order valence-electron chi connectivity index (χ0n) is 8.06. The Hall–Kier alpha value is 0.380. The normalized spacial score (nSPS) is 12.3. The summed E-state index contributed by atoms with van der Waals surface area (Å²) < 4.78 is 1.87. The van der Waals surface area contributed by atoms with Crippen molar-refractivity contribution in [3.8, 4) is 0 Å². The van der Waals surface area contributed by atoms with Gasteiger partial charge in [-0.25, -0.2) is 0 Å². The van der Waals surface area contributed by atoms with Gasteiger partial charge in [0.1, 0.15) is 0 Å². The molecule has 0 aliphatic carbocycles. The van der Waals surface area contributed by atoms with Crippen LogP contribution in [0.25, 0.3) is 0 Å². The van der Waals surface area contributed by atoms with Gasteiger partial charge in [0, 0.05) is 19.4 Å². The van der Waals surface area contributed by atoms with Gasteiger partial charge in [-0.1, -0.05) is 22.9 Å². The van der Waals surface area contributed by atoms with Crippen LogP contribution in [-0.4, -0.2) is 17.3 Å². The molecule has 5 heteroatoms. The maximum absolute atomic E-state index is 11.8. The molecule has 0 fully saturated rings. The highest BCUT2D eigenvalue weighted by Gasteiger charge is 2.10. The lowest BCUT2D eigenvalue weighted by atomic mass is 10.2. The molecule has 0 saturated heterocycles. The lowest BCUT2D eigenvalue weighted by Crippen LogP contribution is -2.28. The lowest BCUT2D eigenvalue weighted by Gasteiger charge is -2.08. The number of alkyl halides is 1. The molecule has 1 atom stereocenters. The Bertz CT molecular complexity index is 368. The molecule has 0 aromatic heterocycles. The molecule has 0 bridgehead atoms. The van der Waals surface area contributed by atoms with Crippen molar-refractivity contribution in [1.29, 1.82) is 0 Å². The second-order valence-electron chi connectivity index (χ2n) is 3.11. The predicted molar refractivity (Wildman–Crippen MR) is 77.6 cm³/mol. The van der Waals surface area contributed by atoms with Crippen LogP contribution in [-0.2, 0) is 0 Å². The standard InChI is InChI=1S/C10H10Br2INO/c1-6(11)5-14-10(15)8-4-7(13)2-3-9(8)12/h2-4,6H,5H2,1H3,(H,14,15). The Morgan fingerprint density at radius 1 is 1.60 bits per heavy atom. The number of carbonyl (C=O) groups is 1. The van der Waals surface area contributed by atoms with Crippen molar-refractivity contribution in [3.05, 3.63) is 31.8 Å². The van der Waals surface area contributed by atoms with Gasteiger partial charge < -0.3 is 5.32 Å². The summed E-state index contributed by atoms with van der Waals surface area (Å²) in [5.74, 6) is -0.0494. The first kappa shape index (κ1) is 13.4. The number of nitrogens with one attached hydrogen (secondary N) is 1. The van der Waals surface area contributed by atoms with E-state index in [2.05, 4.69) is 59.8 Å². The molecule has 0 saturated carbocycles. The van der Waals surface area contributed by atoms with E-state index in [4.69, 9.17) is 0 Å². The molecule has 2 nitrogen and oxygen atoms in total. The van der Waals surface area contributed by atoms with Crippen molar-refractivity contribution in [1.82, 2.24) is 5.32 Å². The fraction of sp³-hybridized carbons (Fsp3) is 0.300. The van der Waals surface area contributed by atoms with Crippen molar-refractivity contribution in [3.63, 3.8) is 0 Å². The summed E-state index contributed by atoms with van der Waals surface area (Å²) in [6, 6.07) is 5.70. The number of hydrogen-bond donors (Lipinski definition) is 1. The number of benzene rings is 1. The molecule has 1 N–H and O–H groups in total. The summed E-state index contributed by atoms with van der Waals surface area (Å²) in [4.78, 5) is 12.0. The Labute approximate surface area is 120 Å². The van der Waals surface area contributed by atoms with E-state index in [9.17, 15) is 4.79 Å². The molecule has 1 amide bonds. The van der Waals surface area contributed by atoms with E-state index in [-0.39, 0.29) is 10.7 Å². The third-order valence-corrected chi connectivity index (χ3v) is 3.40. The molecule has 1 unspecified atom stereocenters. The monoisotopic (exact) mass is 445 g/mol. The molecule has 1 aromatic rings. The lowest BCUT2D eigenvalue weighted by molar-refractivity contribution is 0.0953. The predicted octanol–water partition coefficient (Wildman–Crippen LogP) is 3.57. The van der Waals surface area contributed by atoms with Gasteiger partial charge >= 0.3 is 0 Å². The van der Waals surface area contributed by atoms with Crippen LogP contribution in [0.15, 0.2) is 22.7 Å². The van der Waals surface area contributed by atoms with Crippen LogP contribution >= 0.6 is 54.5 Å². The number of carbonyl (C=O) groups excluding carboxylic acids is 1. The highest BCUT2D eigenvalue weighted by Crippen LogP contribution is 2.19. The molecule has 1 aromatic carbocycles. The Balaban J connectivity index is 2.77. The Kier molecular flexibility index (Phi) is 5.56. The largest absolute Gasteiger partial charge is 0.351 e.